The van der Waals surface area contributed by atoms with E-state index in [1.165, 1.54) is 25.1 Å². The summed E-state index contributed by atoms with van der Waals surface area (Å²) in [5.41, 5.74) is 0.181. The lowest BCUT2D eigenvalue weighted by Crippen LogP contribution is -2.42. The summed E-state index contributed by atoms with van der Waals surface area (Å²) in [6, 6.07) is 12.6. The van der Waals surface area contributed by atoms with Gasteiger partial charge in [-0.05, 0) is 25.1 Å². The number of esters is 1. The van der Waals surface area contributed by atoms with Gasteiger partial charge >= 0.3 is 12.0 Å². The minimum Gasteiger partial charge on any atom is -0.451 e. The predicted molar refractivity (Wildman–Crippen MR) is 105 cm³/mol. The zero-order valence-corrected chi connectivity index (χ0v) is 15.8. The Morgan fingerprint density at radius 2 is 1.77 bits per heavy atom. The number of nitrogens with zero attached hydrogens (tertiary/aromatic N) is 1. The molecule has 2 aromatic carbocycles. The van der Waals surface area contributed by atoms with E-state index in [0.29, 0.717) is 5.69 Å². The highest BCUT2D eigenvalue weighted by Crippen LogP contribution is 2.12. The van der Waals surface area contributed by atoms with Crippen LogP contribution in [0.5, 0.6) is 0 Å². The zero-order valence-electron chi connectivity index (χ0n) is 15.8. The average molecular weight is 414 g/mol. The summed E-state index contributed by atoms with van der Waals surface area (Å²) in [7, 11) is 0. The molecule has 30 heavy (non-hydrogen) atoms. The van der Waals surface area contributed by atoms with Crippen molar-refractivity contribution in [2.45, 2.75) is 13.0 Å². The lowest BCUT2D eigenvalue weighted by atomic mass is 10.2. The van der Waals surface area contributed by atoms with E-state index in [1.54, 1.807) is 30.3 Å². The summed E-state index contributed by atoms with van der Waals surface area (Å²) in [6.07, 6.45) is -1.30. The van der Waals surface area contributed by atoms with Crippen molar-refractivity contribution >= 4 is 35.2 Å². The van der Waals surface area contributed by atoms with Gasteiger partial charge < -0.3 is 15.4 Å². The number of amides is 4. The molecule has 0 aliphatic rings. The number of nitro benzene ring substituents is 1. The van der Waals surface area contributed by atoms with Crippen molar-refractivity contribution in [2.24, 2.45) is 0 Å². The van der Waals surface area contributed by atoms with Crippen molar-refractivity contribution in [3.63, 3.8) is 0 Å². The third-order valence-corrected chi connectivity index (χ3v) is 3.66. The first-order valence-corrected chi connectivity index (χ1v) is 8.65. The number of anilines is 1. The lowest BCUT2D eigenvalue weighted by molar-refractivity contribution is -0.384. The molecule has 0 fully saturated rings. The van der Waals surface area contributed by atoms with Crippen LogP contribution < -0.4 is 16.0 Å². The van der Waals surface area contributed by atoms with Crippen LogP contribution in [0.1, 0.15) is 17.3 Å². The minimum atomic E-state index is -1.30. The predicted octanol–water partition coefficient (Wildman–Crippen LogP) is 1.60. The normalized spacial score (nSPS) is 11.0. The van der Waals surface area contributed by atoms with Gasteiger partial charge in [-0.25, -0.2) is 4.79 Å². The Labute approximate surface area is 170 Å². The number of urea groups is 1. The fourth-order valence-electron chi connectivity index (χ4n) is 2.20. The van der Waals surface area contributed by atoms with Crippen molar-refractivity contribution in [1.82, 2.24) is 10.6 Å². The molecule has 156 valence electrons. The van der Waals surface area contributed by atoms with E-state index in [0.717, 1.165) is 6.07 Å². The first-order valence-electron chi connectivity index (χ1n) is 8.65. The maximum atomic E-state index is 12.0. The van der Waals surface area contributed by atoms with Gasteiger partial charge in [-0.2, -0.15) is 0 Å². The Kier molecular flexibility index (Phi) is 7.57. The third kappa shape index (κ3) is 6.71. The molecule has 0 aliphatic heterocycles. The SMILES string of the molecule is CC(OC(=O)CNC(=O)c1cccc([N+](=O)[O-])c1)C(=O)NC(=O)Nc1ccccc1. The lowest BCUT2D eigenvalue weighted by Gasteiger charge is -2.13. The molecule has 4 amide bonds. The van der Waals surface area contributed by atoms with Gasteiger partial charge in [0.25, 0.3) is 17.5 Å². The van der Waals surface area contributed by atoms with E-state index in [9.17, 15) is 29.3 Å². The van der Waals surface area contributed by atoms with Crippen LogP contribution in [0.4, 0.5) is 16.2 Å². The van der Waals surface area contributed by atoms with Gasteiger partial charge in [-0.15, -0.1) is 0 Å². The zero-order chi connectivity index (χ0) is 22.1. The molecule has 11 nitrogen and oxygen atoms in total. The van der Waals surface area contributed by atoms with E-state index in [4.69, 9.17) is 4.74 Å². The third-order valence-electron chi connectivity index (χ3n) is 3.66. The van der Waals surface area contributed by atoms with Crippen LogP contribution in [0.25, 0.3) is 0 Å². The molecule has 0 saturated heterocycles. The van der Waals surface area contributed by atoms with Gasteiger partial charge in [0, 0.05) is 23.4 Å². The van der Waals surface area contributed by atoms with E-state index < -0.39 is 41.4 Å². The van der Waals surface area contributed by atoms with E-state index in [-0.39, 0.29) is 11.3 Å². The molecule has 0 bridgehead atoms. The maximum Gasteiger partial charge on any atom is 0.326 e. The maximum absolute atomic E-state index is 12.0. The topological polar surface area (TPSA) is 157 Å². The number of nitrogens with one attached hydrogen (secondary N) is 3. The van der Waals surface area contributed by atoms with Crippen LogP contribution in [0.3, 0.4) is 0 Å². The summed E-state index contributed by atoms with van der Waals surface area (Å²) in [6.45, 7) is 0.681. The van der Waals surface area contributed by atoms with Crippen molar-refractivity contribution < 1.29 is 28.8 Å². The van der Waals surface area contributed by atoms with Gasteiger partial charge in [-0.1, -0.05) is 24.3 Å². The number of carbonyl (C=O) groups excluding carboxylic acids is 4. The molecule has 2 rings (SSSR count). The Morgan fingerprint density at radius 1 is 1.07 bits per heavy atom. The molecule has 0 radical (unpaired) electrons. The molecule has 1 unspecified atom stereocenters. The van der Waals surface area contributed by atoms with Crippen LogP contribution >= 0.6 is 0 Å². The average Bonchev–Trinajstić information content (AvgIpc) is 2.72. The number of para-hydroxylation sites is 1. The highest BCUT2D eigenvalue weighted by Gasteiger charge is 2.20. The Balaban J connectivity index is 1.78. The number of ether oxygens (including phenoxy) is 1. The molecule has 0 aromatic heterocycles. The first-order chi connectivity index (χ1) is 14.3. The van der Waals surface area contributed by atoms with E-state index in [1.807, 2.05) is 5.32 Å². The smallest absolute Gasteiger partial charge is 0.326 e. The molecule has 3 N–H and O–H groups in total. The van der Waals surface area contributed by atoms with Crippen molar-refractivity contribution in [1.29, 1.82) is 0 Å². The van der Waals surface area contributed by atoms with Gasteiger partial charge in [-0.3, -0.25) is 29.8 Å². The molecule has 0 aliphatic carbocycles. The van der Waals surface area contributed by atoms with Gasteiger partial charge in [0.15, 0.2) is 6.10 Å². The summed E-state index contributed by atoms with van der Waals surface area (Å²) in [5.74, 6) is -2.52. The fraction of sp³-hybridized carbons (Fsp3) is 0.158. The number of carbonyl (C=O) groups is 4. The van der Waals surface area contributed by atoms with Crippen molar-refractivity contribution in [2.75, 3.05) is 11.9 Å². The number of imide groups is 1. The molecule has 2 aromatic rings. The number of hydrogen-bond acceptors (Lipinski definition) is 7. The van der Waals surface area contributed by atoms with E-state index in [2.05, 4.69) is 10.6 Å². The highest BCUT2D eigenvalue weighted by molar-refractivity contribution is 6.03. The number of rotatable bonds is 7. The monoisotopic (exact) mass is 414 g/mol. The van der Waals surface area contributed by atoms with Crippen molar-refractivity contribution in [3.8, 4) is 0 Å². The molecule has 0 spiro atoms. The molecular weight excluding hydrogens is 396 g/mol. The van der Waals surface area contributed by atoms with Crippen LogP contribution in [-0.4, -0.2) is 41.4 Å². The molecule has 0 heterocycles. The second kappa shape index (κ2) is 10.3. The number of benzene rings is 2. The van der Waals surface area contributed by atoms with Crippen molar-refractivity contribution in [3.05, 3.63) is 70.3 Å². The molecule has 0 saturated carbocycles. The molecule has 1 atom stereocenters. The summed E-state index contributed by atoms with van der Waals surface area (Å²) < 4.78 is 4.86. The fourth-order valence-corrected chi connectivity index (χ4v) is 2.20. The van der Waals surface area contributed by atoms with Crippen LogP contribution in [0, 0.1) is 10.1 Å². The van der Waals surface area contributed by atoms with Crippen LogP contribution in [-0.2, 0) is 14.3 Å². The van der Waals surface area contributed by atoms with Crippen LogP contribution in [0.15, 0.2) is 54.6 Å². The second-order valence-corrected chi connectivity index (χ2v) is 5.93. The number of nitro groups is 1. The minimum absolute atomic E-state index is 0.0135. The Morgan fingerprint density at radius 3 is 2.43 bits per heavy atom. The standard InChI is InChI=1S/C19H18N4O7/c1-12(17(25)22-19(27)21-14-7-3-2-4-8-14)30-16(24)11-20-18(26)13-6-5-9-15(10-13)23(28)29/h2-10,12H,11H2,1H3,(H,20,26)(H2,21,22,25,27). The number of hydrogen-bond donors (Lipinski definition) is 3. The van der Waals surface area contributed by atoms with Crippen LogP contribution in [0.2, 0.25) is 0 Å². The number of non-ortho nitro benzene ring substituents is 1. The second-order valence-electron chi connectivity index (χ2n) is 5.93. The van der Waals surface area contributed by atoms with Gasteiger partial charge in [0.05, 0.1) is 4.92 Å². The van der Waals surface area contributed by atoms with Gasteiger partial charge in [0.2, 0.25) is 0 Å². The summed E-state index contributed by atoms with van der Waals surface area (Å²) in [5, 5.41) is 17.4. The first kappa shape index (κ1) is 22.0. The largest absolute Gasteiger partial charge is 0.451 e. The Hall–Kier alpha value is -4.28. The molecule has 11 heteroatoms. The highest BCUT2D eigenvalue weighted by atomic mass is 16.6. The summed E-state index contributed by atoms with van der Waals surface area (Å²) >= 11 is 0. The Bertz CT molecular complexity index is 962. The van der Waals surface area contributed by atoms with E-state index >= 15 is 0 Å². The quantitative estimate of drug-likeness (QED) is 0.353. The molecular formula is C19H18N4O7. The van der Waals surface area contributed by atoms with Gasteiger partial charge in [0.1, 0.15) is 6.54 Å². The summed E-state index contributed by atoms with van der Waals surface area (Å²) in [4.78, 5) is 57.6.